The average Bonchev–Trinajstić information content (AvgIpc) is 3.25. The van der Waals surface area contributed by atoms with Crippen molar-refractivity contribution in [2.75, 3.05) is 26.9 Å². The highest BCUT2D eigenvalue weighted by molar-refractivity contribution is 5.90. The van der Waals surface area contributed by atoms with Gasteiger partial charge in [0, 0.05) is 7.11 Å². The van der Waals surface area contributed by atoms with Crippen molar-refractivity contribution >= 4 is 17.9 Å². The van der Waals surface area contributed by atoms with E-state index in [0.29, 0.717) is 44.9 Å². The normalized spacial score (nSPS) is 35.0. The van der Waals surface area contributed by atoms with Gasteiger partial charge in [-0.25, -0.2) is 0 Å². The number of fused-ring (bicyclic) bond motifs is 3. The molecule has 23 nitrogen and oxygen atoms in total. The lowest BCUT2D eigenvalue weighted by Crippen LogP contribution is -2.67. The molecule has 1 heterocycles. The molecule has 0 bridgehead atoms. The van der Waals surface area contributed by atoms with Gasteiger partial charge >= 0.3 is 17.9 Å². The predicted octanol–water partition coefficient (Wildman–Crippen LogP) is -0.248. The van der Waals surface area contributed by atoms with Crippen molar-refractivity contribution in [1.29, 1.82) is 0 Å². The van der Waals surface area contributed by atoms with Crippen LogP contribution in [0.3, 0.4) is 0 Å². The van der Waals surface area contributed by atoms with E-state index >= 15 is 0 Å². The van der Waals surface area contributed by atoms with Gasteiger partial charge in [-0.1, -0.05) is 19.4 Å². The second-order valence-electron chi connectivity index (χ2n) is 19.2. The van der Waals surface area contributed by atoms with E-state index in [1.54, 1.807) is 13.0 Å². The molecule has 4 fully saturated rings. The van der Waals surface area contributed by atoms with Gasteiger partial charge in [0.1, 0.15) is 55.4 Å². The number of hydrogen-bond acceptors (Lipinski definition) is 22. The van der Waals surface area contributed by atoms with Gasteiger partial charge in [-0.05, 0) is 101 Å². The van der Waals surface area contributed by atoms with E-state index in [0.717, 1.165) is 0 Å². The van der Waals surface area contributed by atoms with Crippen molar-refractivity contribution in [3.63, 3.8) is 0 Å². The molecule has 12 N–H and O–H groups in total. The summed E-state index contributed by atoms with van der Waals surface area (Å²) in [5.41, 5.74) is -2.16. The minimum Gasteiger partial charge on any atom is -0.509 e. The van der Waals surface area contributed by atoms with E-state index in [1.165, 1.54) is 27.9 Å². The van der Waals surface area contributed by atoms with Crippen LogP contribution < -0.4 is 0 Å². The van der Waals surface area contributed by atoms with Crippen molar-refractivity contribution in [2.24, 2.45) is 34.0 Å². The van der Waals surface area contributed by atoms with Crippen LogP contribution in [0.2, 0.25) is 0 Å². The number of methoxy groups -OCH3 is 1. The number of aliphatic hydroxyl groups excluding tert-OH is 9. The van der Waals surface area contributed by atoms with Crippen molar-refractivity contribution in [1.82, 2.24) is 0 Å². The lowest BCUT2D eigenvalue weighted by atomic mass is 9.33. The molecule has 1 aliphatic heterocycles. The number of aliphatic carboxylic acids is 1. The highest BCUT2D eigenvalue weighted by Gasteiger charge is 2.69. The summed E-state index contributed by atoms with van der Waals surface area (Å²) in [7, 11) is 1.17. The Morgan fingerprint density at radius 2 is 1.49 bits per heavy atom. The summed E-state index contributed by atoms with van der Waals surface area (Å²) in [6, 6.07) is 0. The number of aliphatic hydroxyl groups is 11. The Balaban J connectivity index is 1.65. The molecule has 0 spiro atoms. The zero-order chi connectivity index (χ0) is 51.1. The van der Waals surface area contributed by atoms with Crippen LogP contribution in [-0.2, 0) is 52.3 Å². The molecular formula is C45H74O23. The molecule has 0 radical (unpaired) electrons. The number of rotatable bonds is 26. The molecule has 392 valence electrons. The monoisotopic (exact) mass is 982 g/mol. The quantitative estimate of drug-likeness (QED) is 0.0175. The predicted molar refractivity (Wildman–Crippen MR) is 230 cm³/mol. The number of esters is 2. The van der Waals surface area contributed by atoms with Gasteiger partial charge in [0.2, 0.25) is 25.2 Å². The molecule has 9 unspecified atom stereocenters. The van der Waals surface area contributed by atoms with E-state index in [1.807, 2.05) is 0 Å². The molecule has 68 heavy (non-hydrogen) atoms. The average molecular weight is 983 g/mol. The highest BCUT2D eigenvalue weighted by atomic mass is 16.8. The highest BCUT2D eigenvalue weighted by Crippen LogP contribution is 2.74. The van der Waals surface area contributed by atoms with Crippen LogP contribution in [0.15, 0.2) is 24.2 Å². The van der Waals surface area contributed by atoms with Crippen LogP contribution in [0, 0.1) is 34.0 Å². The fourth-order valence-corrected chi connectivity index (χ4v) is 11.3. The molecule has 1 saturated heterocycles. The molecule has 4 aliphatic rings. The number of carbonyl (C=O) groups is 3. The fraction of sp³-hybridized carbons (Fsp3) is 0.844. The van der Waals surface area contributed by atoms with Crippen molar-refractivity contribution in [2.45, 2.75) is 179 Å². The van der Waals surface area contributed by atoms with E-state index in [4.69, 9.17) is 43.0 Å². The Hall–Kier alpha value is -3.11. The van der Waals surface area contributed by atoms with Gasteiger partial charge in [0.15, 0.2) is 5.76 Å². The summed E-state index contributed by atoms with van der Waals surface area (Å²) in [5.74, 6) is -5.22. The first-order valence-electron chi connectivity index (χ1n) is 22.9. The standard InChI is InChI=1S/C45H74O23/c1-8-11-45-14-10-29-43(5,12-9-13-44(29,6)42(60)68-41(38(58)59)65-28(22(3)49)20-62-32(53)17-31(51)52)30(45)16-24(45)15-25-35(66-39(61-7)33(54)23(4)50)36(34(55)27(19-47)63-25)67-40(37(56)57)64-26(18-46)21(2)48/h8,21-22,24-30,34-41,46-50,54-59H,1,9-20H2,2-7H3,(H,51,52)/b33-23+/t21-,22-,24-,25?,26?,27?,28?,29-,30-,34?,35?,36?,39-,40?,41?,43+,44+,45-/m0/s1. The van der Waals surface area contributed by atoms with Gasteiger partial charge in [-0.15, -0.1) is 6.58 Å². The third kappa shape index (κ3) is 12.7. The first kappa shape index (κ1) is 57.5. The van der Waals surface area contributed by atoms with E-state index in [-0.39, 0.29) is 24.2 Å². The molecule has 0 aromatic carbocycles. The number of carbonyl (C=O) groups excluding carboxylic acids is 2. The minimum absolute atomic E-state index is 0.0389. The SMILES string of the molecule is C=CC[C@@]12CC[C@H]3[C@@](C)(CCC[C@@]3(C)C(=O)OC(OC(COC(=O)CC(=O)O)[C@H](C)O)C(O)O)[C@@H]1C[C@@H]2CC1OC(CO)C(O)C(OC(OC(CO)[C@H](C)O)C(O)O)C1O[C@H](OC)/C(O)=C(/C)O. The molecule has 18 atom stereocenters. The van der Waals surface area contributed by atoms with Crippen molar-refractivity contribution < 1.29 is 114 Å². The van der Waals surface area contributed by atoms with Crippen LogP contribution in [0.1, 0.15) is 92.4 Å². The van der Waals surface area contributed by atoms with E-state index < -0.39 is 158 Å². The van der Waals surface area contributed by atoms with Crippen LogP contribution in [0.5, 0.6) is 0 Å². The molecule has 3 saturated carbocycles. The van der Waals surface area contributed by atoms with Gasteiger partial charge in [0.25, 0.3) is 6.29 Å². The molecule has 0 amide bonds. The Morgan fingerprint density at radius 3 is 2.01 bits per heavy atom. The summed E-state index contributed by atoms with van der Waals surface area (Å²) in [4.78, 5) is 37.1. The number of carboxylic acids is 1. The van der Waals surface area contributed by atoms with Gasteiger partial charge in [-0.2, -0.15) is 0 Å². The van der Waals surface area contributed by atoms with Crippen molar-refractivity contribution in [3.05, 3.63) is 24.2 Å². The topological polar surface area (TPSA) is 368 Å². The molecule has 0 aromatic heterocycles. The van der Waals surface area contributed by atoms with Crippen LogP contribution in [0.4, 0.5) is 0 Å². The minimum atomic E-state index is -2.40. The molecule has 0 aromatic rings. The van der Waals surface area contributed by atoms with Crippen molar-refractivity contribution in [3.8, 4) is 0 Å². The third-order valence-corrected chi connectivity index (χ3v) is 14.8. The molecule has 4 rings (SSSR count). The fourth-order valence-electron chi connectivity index (χ4n) is 11.3. The zero-order valence-electron chi connectivity index (χ0n) is 39.4. The van der Waals surface area contributed by atoms with Gasteiger partial charge in [-0.3, -0.25) is 14.4 Å². The van der Waals surface area contributed by atoms with Crippen LogP contribution >= 0.6 is 0 Å². The maximum Gasteiger partial charge on any atom is 0.317 e. The number of hydrogen-bond donors (Lipinski definition) is 12. The molecule has 23 heteroatoms. The van der Waals surface area contributed by atoms with Crippen LogP contribution in [0.25, 0.3) is 0 Å². The van der Waals surface area contributed by atoms with Crippen LogP contribution in [-0.4, -0.2) is 193 Å². The number of allylic oxidation sites excluding steroid dienone is 2. The first-order chi connectivity index (χ1) is 31.8. The third-order valence-electron chi connectivity index (χ3n) is 14.8. The molecule has 3 aliphatic carbocycles. The Morgan fingerprint density at radius 1 is 0.853 bits per heavy atom. The second kappa shape index (κ2) is 24.3. The lowest BCUT2D eigenvalue weighted by molar-refractivity contribution is -0.348. The number of ether oxygens (including phenoxy) is 8. The Bertz CT molecular complexity index is 1700. The Labute approximate surface area is 394 Å². The lowest BCUT2D eigenvalue weighted by Gasteiger charge is -2.71. The largest absolute Gasteiger partial charge is 0.509 e. The summed E-state index contributed by atoms with van der Waals surface area (Å²) >= 11 is 0. The smallest absolute Gasteiger partial charge is 0.317 e. The molecular weight excluding hydrogens is 908 g/mol. The summed E-state index contributed by atoms with van der Waals surface area (Å²) in [6.45, 7) is 9.46. The zero-order valence-corrected chi connectivity index (χ0v) is 39.4. The van der Waals surface area contributed by atoms with Gasteiger partial charge in [0.05, 0.1) is 36.9 Å². The Kier molecular flexibility index (Phi) is 20.6. The summed E-state index contributed by atoms with van der Waals surface area (Å²) < 4.78 is 45.5. The van der Waals surface area contributed by atoms with E-state index in [9.17, 15) is 70.6 Å². The van der Waals surface area contributed by atoms with E-state index in [2.05, 4.69) is 13.5 Å². The maximum absolute atomic E-state index is 14.3. The summed E-state index contributed by atoms with van der Waals surface area (Å²) in [6.07, 6.45) is -18.5. The van der Waals surface area contributed by atoms with Gasteiger partial charge < -0.3 is 99.2 Å². The summed E-state index contributed by atoms with van der Waals surface area (Å²) in [5, 5.41) is 123. The maximum atomic E-state index is 14.3. The second-order valence-corrected chi connectivity index (χ2v) is 19.2. The first-order valence-corrected chi connectivity index (χ1v) is 22.9. The number of carboxylic acid groups (broad SMARTS) is 1.